The molecule has 1 N–H and O–H groups in total. The van der Waals surface area contributed by atoms with E-state index in [0.29, 0.717) is 60.1 Å². The minimum Gasteiger partial charge on any atom is -0.375 e. The van der Waals surface area contributed by atoms with Crippen molar-refractivity contribution in [1.82, 2.24) is 9.88 Å². The Morgan fingerprint density at radius 1 is 1.22 bits per heavy atom. The van der Waals surface area contributed by atoms with Gasteiger partial charge in [-0.3, -0.25) is 4.79 Å². The van der Waals surface area contributed by atoms with E-state index in [1.807, 2.05) is 49.4 Å². The average molecular weight is 502 g/mol. The number of likely N-dealkylation sites (N-methyl/N-ethyl adjacent to an activating group) is 1. The first-order valence-electron chi connectivity index (χ1n) is 12.7. The van der Waals surface area contributed by atoms with Gasteiger partial charge in [0, 0.05) is 37.2 Å². The zero-order valence-corrected chi connectivity index (χ0v) is 22.2. The van der Waals surface area contributed by atoms with Gasteiger partial charge in [0.05, 0.1) is 12.2 Å². The topological polar surface area (TPSA) is 54.5 Å². The Kier molecular flexibility index (Phi) is 8.08. The van der Waals surface area contributed by atoms with Crippen LogP contribution < -0.4 is 5.32 Å². The second kappa shape index (κ2) is 11.3. The molecular weight excluding hydrogens is 465 g/mol. The fourth-order valence-electron chi connectivity index (χ4n) is 4.81. The molecule has 2 aliphatic rings. The van der Waals surface area contributed by atoms with Crippen molar-refractivity contribution in [2.45, 2.75) is 45.8 Å². The van der Waals surface area contributed by atoms with Crippen LogP contribution in [-0.4, -0.2) is 41.6 Å². The summed E-state index contributed by atoms with van der Waals surface area (Å²) in [5.74, 6) is 0.0877. The molecule has 194 valence electrons. The van der Waals surface area contributed by atoms with Gasteiger partial charge in [-0.05, 0) is 68.5 Å². The maximum Gasteiger partial charge on any atom is 0.254 e. The summed E-state index contributed by atoms with van der Waals surface area (Å²) in [5.41, 5.74) is 4.06. The second-order valence-electron chi connectivity index (χ2n) is 10.6. The fraction of sp³-hybridized carbons (Fsp3) is 0.355. The Hall–Kier alpha value is -3.51. The van der Waals surface area contributed by atoms with Crippen molar-refractivity contribution in [1.29, 1.82) is 0 Å². The Morgan fingerprint density at radius 3 is 2.65 bits per heavy atom. The molecule has 0 saturated carbocycles. The zero-order chi connectivity index (χ0) is 26.6. The predicted molar refractivity (Wildman–Crippen MR) is 147 cm³/mol. The first-order chi connectivity index (χ1) is 17.6. The van der Waals surface area contributed by atoms with Crippen molar-refractivity contribution in [3.63, 3.8) is 0 Å². The number of pyridine rings is 1. The number of nitrogens with zero attached hydrogens (tertiary/aromatic N) is 2. The molecule has 1 unspecified atom stereocenters. The minimum absolute atomic E-state index is 0.120. The molecule has 1 aliphatic heterocycles. The number of aryl methyl sites for hydroxylation is 1. The van der Waals surface area contributed by atoms with Crippen molar-refractivity contribution in [3.8, 4) is 0 Å². The lowest BCUT2D eigenvalue weighted by atomic mass is 9.93. The van der Waals surface area contributed by atoms with Crippen LogP contribution in [0.15, 0.2) is 78.4 Å². The highest BCUT2D eigenvalue weighted by Gasteiger charge is 2.31. The van der Waals surface area contributed by atoms with Crippen LogP contribution in [0.5, 0.6) is 0 Å². The molecule has 2 heterocycles. The number of carbonyl (C=O) groups excluding carboxylic acids is 1. The number of aromatic nitrogens is 1. The molecule has 1 aliphatic carbocycles. The number of amides is 1. The van der Waals surface area contributed by atoms with E-state index in [9.17, 15) is 4.79 Å². The van der Waals surface area contributed by atoms with Crippen LogP contribution in [0.3, 0.4) is 0 Å². The number of benzene rings is 1. The highest BCUT2D eigenvalue weighted by atomic mass is 19.1. The molecule has 5 nitrogen and oxygen atoms in total. The van der Waals surface area contributed by atoms with Crippen LogP contribution in [0.4, 0.5) is 10.2 Å². The molecule has 1 aromatic carbocycles. The summed E-state index contributed by atoms with van der Waals surface area (Å²) in [7, 11) is 1.78. The average Bonchev–Trinajstić information content (AvgIpc) is 3.05. The van der Waals surface area contributed by atoms with E-state index >= 15 is 4.39 Å². The summed E-state index contributed by atoms with van der Waals surface area (Å²) in [6, 6.07) is 11.6. The number of carbonyl (C=O) groups is 1. The van der Waals surface area contributed by atoms with Crippen molar-refractivity contribution in [2.75, 3.05) is 25.5 Å². The van der Waals surface area contributed by atoms with Crippen LogP contribution >= 0.6 is 0 Å². The van der Waals surface area contributed by atoms with Gasteiger partial charge < -0.3 is 15.0 Å². The number of allylic oxidation sites excluding steroid dienone is 5. The number of rotatable bonds is 8. The second-order valence-corrected chi connectivity index (χ2v) is 10.6. The first-order valence-corrected chi connectivity index (χ1v) is 12.7. The van der Waals surface area contributed by atoms with Gasteiger partial charge in [-0.15, -0.1) is 0 Å². The van der Waals surface area contributed by atoms with Gasteiger partial charge in [0.15, 0.2) is 0 Å². The summed E-state index contributed by atoms with van der Waals surface area (Å²) in [6.45, 7) is 12.2. The van der Waals surface area contributed by atoms with Crippen LogP contribution in [0.25, 0.3) is 5.57 Å². The smallest absolute Gasteiger partial charge is 0.254 e. The van der Waals surface area contributed by atoms with Gasteiger partial charge in [-0.2, -0.15) is 4.39 Å². The van der Waals surface area contributed by atoms with Gasteiger partial charge in [-0.1, -0.05) is 54.6 Å². The number of ether oxygens (including phenoxy) is 1. The molecule has 6 heteroatoms. The first kappa shape index (κ1) is 26.6. The van der Waals surface area contributed by atoms with Gasteiger partial charge in [-0.25, -0.2) is 4.98 Å². The van der Waals surface area contributed by atoms with E-state index in [1.54, 1.807) is 30.2 Å². The van der Waals surface area contributed by atoms with E-state index < -0.39 is 5.95 Å². The van der Waals surface area contributed by atoms with Crippen molar-refractivity contribution < 1.29 is 13.9 Å². The summed E-state index contributed by atoms with van der Waals surface area (Å²) in [6.07, 6.45) is 8.88. The molecule has 1 saturated heterocycles. The Balaban J connectivity index is 1.51. The van der Waals surface area contributed by atoms with E-state index in [0.717, 1.165) is 12.0 Å². The van der Waals surface area contributed by atoms with Crippen LogP contribution in [0.2, 0.25) is 0 Å². The number of hydrogen-bond donors (Lipinski definition) is 1. The van der Waals surface area contributed by atoms with E-state index in [-0.39, 0.29) is 11.5 Å². The largest absolute Gasteiger partial charge is 0.375 e. The monoisotopic (exact) mass is 501 g/mol. The molecule has 37 heavy (non-hydrogen) atoms. The van der Waals surface area contributed by atoms with Gasteiger partial charge in [0.25, 0.3) is 5.91 Å². The third-order valence-electron chi connectivity index (χ3n) is 6.87. The quantitative estimate of drug-likeness (QED) is 0.435. The van der Waals surface area contributed by atoms with Gasteiger partial charge >= 0.3 is 0 Å². The predicted octanol–water partition coefficient (Wildman–Crippen LogP) is 6.24. The highest BCUT2D eigenvalue weighted by Crippen LogP contribution is 2.32. The maximum atomic E-state index is 15.2. The molecule has 1 fully saturated rings. The molecule has 2 aromatic rings. The van der Waals surface area contributed by atoms with E-state index in [4.69, 9.17) is 4.74 Å². The Bertz CT molecular complexity index is 1260. The molecule has 1 atom stereocenters. The lowest BCUT2D eigenvalue weighted by molar-refractivity contribution is -0.126. The van der Waals surface area contributed by atoms with E-state index in [1.165, 1.54) is 5.56 Å². The summed E-state index contributed by atoms with van der Waals surface area (Å²) >= 11 is 0. The van der Waals surface area contributed by atoms with E-state index in [2.05, 4.69) is 30.7 Å². The minimum atomic E-state index is -0.609. The molecule has 0 bridgehead atoms. The molecule has 0 spiro atoms. The number of hydrogen-bond acceptors (Lipinski definition) is 4. The molecule has 4 rings (SSSR count). The van der Waals surface area contributed by atoms with Crippen LogP contribution in [-0.2, 0) is 16.1 Å². The van der Waals surface area contributed by atoms with Gasteiger partial charge in [0.2, 0.25) is 5.95 Å². The SMILES string of the molecule is C=C(C1=C(C(=O)N(C)Cc2ccc(C)cc2)C=CC=CC1)c1ccc(NCC2COC(C)(C)C2)nc1F. The van der Waals surface area contributed by atoms with Crippen LogP contribution in [0, 0.1) is 18.8 Å². The molecular formula is C31H36FN3O2. The molecule has 0 radical (unpaired) electrons. The Labute approximate surface area is 219 Å². The lowest BCUT2D eigenvalue weighted by Gasteiger charge is -2.21. The lowest BCUT2D eigenvalue weighted by Crippen LogP contribution is -2.28. The maximum absolute atomic E-state index is 15.2. The number of halogens is 1. The summed E-state index contributed by atoms with van der Waals surface area (Å²) in [5, 5.41) is 3.23. The standard InChI is InChI=1S/C31H36FN3O2/c1-21-11-13-23(14-12-21)19-35(5)30(36)27-10-8-6-7-9-25(27)22(2)26-15-16-28(34-29(26)32)33-18-24-17-31(3,4)37-20-24/h6-8,10-16,24H,2,9,17-20H2,1,3-5H3,(H,33,34). The van der Waals surface area contributed by atoms with Crippen molar-refractivity contribution in [3.05, 3.63) is 101 Å². The molecule has 1 aromatic heterocycles. The summed E-state index contributed by atoms with van der Waals surface area (Å²) < 4.78 is 21.0. The third kappa shape index (κ3) is 6.63. The Morgan fingerprint density at radius 2 is 1.97 bits per heavy atom. The molecule has 1 amide bonds. The highest BCUT2D eigenvalue weighted by molar-refractivity contribution is 6.01. The third-order valence-corrected chi connectivity index (χ3v) is 6.87. The normalized spacial score (nSPS) is 18.6. The number of anilines is 1. The van der Waals surface area contributed by atoms with Crippen molar-refractivity contribution in [2.24, 2.45) is 5.92 Å². The van der Waals surface area contributed by atoms with Crippen LogP contribution in [0.1, 0.15) is 43.4 Å². The zero-order valence-electron chi connectivity index (χ0n) is 22.2. The van der Waals surface area contributed by atoms with Crippen molar-refractivity contribution >= 4 is 17.3 Å². The summed E-state index contributed by atoms with van der Waals surface area (Å²) in [4.78, 5) is 19.3. The number of nitrogens with one attached hydrogen (secondary N) is 1. The van der Waals surface area contributed by atoms with Gasteiger partial charge in [0.1, 0.15) is 5.82 Å². The fourth-order valence-corrected chi connectivity index (χ4v) is 4.81.